The van der Waals surface area contributed by atoms with Crippen LogP contribution >= 0.6 is 0 Å². The molecule has 0 aliphatic carbocycles. The number of alkyl halides is 3. The quantitative estimate of drug-likeness (QED) is 0.785. The van der Waals surface area contributed by atoms with Gasteiger partial charge in [0, 0.05) is 12.5 Å². The molecule has 1 aromatic carbocycles. The lowest BCUT2D eigenvalue weighted by Gasteiger charge is -2.41. The Morgan fingerprint density at radius 3 is 2.42 bits per heavy atom. The highest BCUT2D eigenvalue weighted by Gasteiger charge is 2.40. The van der Waals surface area contributed by atoms with Gasteiger partial charge in [-0.3, -0.25) is 5.10 Å². The minimum absolute atomic E-state index is 0.0136. The van der Waals surface area contributed by atoms with E-state index in [-0.39, 0.29) is 12.1 Å². The molecule has 2 heterocycles. The Bertz CT molecular complexity index is 711. The van der Waals surface area contributed by atoms with Crippen LogP contribution in [0.15, 0.2) is 30.3 Å². The van der Waals surface area contributed by atoms with Crippen LogP contribution in [-0.2, 0) is 11.8 Å². The van der Waals surface area contributed by atoms with Crippen LogP contribution in [0.4, 0.5) is 13.2 Å². The van der Waals surface area contributed by atoms with Crippen LogP contribution in [0.2, 0.25) is 0 Å². The molecule has 2 aromatic rings. The molecule has 0 amide bonds. The van der Waals surface area contributed by atoms with E-state index in [0.29, 0.717) is 18.4 Å². The molecule has 1 saturated heterocycles. The molecule has 0 saturated carbocycles. The Morgan fingerprint density at radius 1 is 1.21 bits per heavy atom. The van der Waals surface area contributed by atoms with Crippen molar-refractivity contribution in [2.75, 3.05) is 0 Å². The molecule has 1 fully saturated rings. The third-order valence-electron chi connectivity index (χ3n) is 4.52. The zero-order valence-electron chi connectivity index (χ0n) is 13.5. The maximum absolute atomic E-state index is 12.7. The van der Waals surface area contributed by atoms with Gasteiger partial charge in [0.05, 0.1) is 28.6 Å². The summed E-state index contributed by atoms with van der Waals surface area (Å²) in [7, 11) is 0. The van der Waals surface area contributed by atoms with Crippen molar-refractivity contribution in [3.05, 3.63) is 52.8 Å². The number of piperidine rings is 1. The van der Waals surface area contributed by atoms with Gasteiger partial charge in [0.2, 0.25) is 0 Å². The summed E-state index contributed by atoms with van der Waals surface area (Å²) in [5.41, 5.74) is 0.327. The summed E-state index contributed by atoms with van der Waals surface area (Å²) < 4.78 is 38.2. The lowest BCUT2D eigenvalue weighted by molar-refractivity contribution is -0.137. The molecule has 1 aliphatic rings. The van der Waals surface area contributed by atoms with E-state index in [2.05, 4.69) is 15.5 Å². The van der Waals surface area contributed by atoms with Crippen LogP contribution in [-0.4, -0.2) is 21.3 Å². The van der Waals surface area contributed by atoms with E-state index >= 15 is 0 Å². The summed E-state index contributed by atoms with van der Waals surface area (Å²) in [5.74, 6) is 0. The summed E-state index contributed by atoms with van der Waals surface area (Å²) >= 11 is 0. The minimum Gasteiger partial charge on any atom is -0.385 e. The molecule has 3 N–H and O–H groups in total. The smallest absolute Gasteiger partial charge is 0.385 e. The number of aliphatic hydroxyl groups is 1. The molecule has 1 aromatic heterocycles. The van der Waals surface area contributed by atoms with Gasteiger partial charge in [-0.2, -0.15) is 18.3 Å². The highest BCUT2D eigenvalue weighted by molar-refractivity contribution is 5.30. The van der Waals surface area contributed by atoms with Crippen molar-refractivity contribution >= 4 is 0 Å². The van der Waals surface area contributed by atoms with Gasteiger partial charge in [0.15, 0.2) is 0 Å². The molecule has 0 bridgehead atoms. The monoisotopic (exact) mass is 339 g/mol. The van der Waals surface area contributed by atoms with Gasteiger partial charge in [-0.15, -0.1) is 0 Å². The summed E-state index contributed by atoms with van der Waals surface area (Å²) in [6.07, 6.45) is -3.58. The van der Waals surface area contributed by atoms with E-state index in [1.165, 1.54) is 12.1 Å². The fraction of sp³-hybridized carbons (Fsp3) is 0.471. The first-order valence-corrected chi connectivity index (χ1v) is 7.85. The van der Waals surface area contributed by atoms with Crippen molar-refractivity contribution < 1.29 is 18.3 Å². The lowest BCUT2D eigenvalue weighted by atomic mass is 9.78. The first kappa shape index (κ1) is 17.0. The Kier molecular flexibility index (Phi) is 4.17. The second-order valence-electron chi connectivity index (χ2n) is 6.60. The second-order valence-corrected chi connectivity index (χ2v) is 6.60. The Morgan fingerprint density at radius 2 is 1.88 bits per heavy atom. The normalized spacial score (nSPS) is 28.1. The molecule has 24 heavy (non-hydrogen) atoms. The van der Waals surface area contributed by atoms with E-state index in [1.54, 1.807) is 0 Å². The van der Waals surface area contributed by atoms with Gasteiger partial charge < -0.3 is 10.4 Å². The molecule has 3 rings (SSSR count). The number of hydrogen-bond donors (Lipinski definition) is 3. The van der Waals surface area contributed by atoms with Crippen molar-refractivity contribution in [1.29, 1.82) is 0 Å². The number of nitrogens with zero attached hydrogens (tertiary/aromatic N) is 1. The molecular formula is C17H20F3N3O. The first-order chi connectivity index (χ1) is 11.2. The predicted octanol–water partition coefficient (Wildman–Crippen LogP) is 3.44. The van der Waals surface area contributed by atoms with Gasteiger partial charge >= 0.3 is 6.18 Å². The standard InChI is InChI=1S/C17H20F3N3O/c1-10-7-14(23-22-10)15-9-16(24,8-11(2)21-15)12-3-5-13(6-4-12)17(18,19)20/h3-7,11,15,21,24H,8-9H2,1-2H3,(H,22,23). The van der Waals surface area contributed by atoms with Crippen molar-refractivity contribution in [3.63, 3.8) is 0 Å². The van der Waals surface area contributed by atoms with Gasteiger partial charge in [0.25, 0.3) is 0 Å². The third-order valence-corrected chi connectivity index (χ3v) is 4.52. The van der Waals surface area contributed by atoms with Gasteiger partial charge in [-0.1, -0.05) is 12.1 Å². The lowest BCUT2D eigenvalue weighted by Crippen LogP contribution is -2.47. The van der Waals surface area contributed by atoms with E-state index in [4.69, 9.17) is 0 Å². The number of aryl methyl sites for hydroxylation is 1. The van der Waals surface area contributed by atoms with Crippen LogP contribution in [0.1, 0.15) is 48.3 Å². The van der Waals surface area contributed by atoms with E-state index in [0.717, 1.165) is 23.5 Å². The molecular weight excluding hydrogens is 319 g/mol. The summed E-state index contributed by atoms with van der Waals surface area (Å²) in [6, 6.07) is 6.57. The number of halogens is 3. The number of rotatable bonds is 2. The molecule has 1 aliphatic heterocycles. The van der Waals surface area contributed by atoms with Crippen LogP contribution in [0, 0.1) is 6.92 Å². The average molecular weight is 339 g/mol. The summed E-state index contributed by atoms with van der Waals surface area (Å²) in [4.78, 5) is 0. The van der Waals surface area contributed by atoms with Crippen LogP contribution in [0.3, 0.4) is 0 Å². The third kappa shape index (κ3) is 3.32. The zero-order valence-corrected chi connectivity index (χ0v) is 13.5. The van der Waals surface area contributed by atoms with Crippen molar-refractivity contribution in [3.8, 4) is 0 Å². The van der Waals surface area contributed by atoms with Gasteiger partial charge in [0.1, 0.15) is 0 Å². The number of aromatic nitrogens is 2. The van der Waals surface area contributed by atoms with Crippen LogP contribution in [0.25, 0.3) is 0 Å². The fourth-order valence-corrected chi connectivity index (χ4v) is 3.41. The highest BCUT2D eigenvalue weighted by Crippen LogP contribution is 2.40. The number of nitrogens with one attached hydrogen (secondary N) is 2. The molecule has 3 atom stereocenters. The Labute approximate surface area is 138 Å². The van der Waals surface area contributed by atoms with Crippen LogP contribution < -0.4 is 5.32 Å². The van der Waals surface area contributed by atoms with E-state index < -0.39 is 17.3 Å². The van der Waals surface area contributed by atoms with Crippen LogP contribution in [0.5, 0.6) is 0 Å². The Hall–Kier alpha value is -1.86. The Balaban J connectivity index is 1.87. The SMILES string of the molecule is Cc1cc(C2CC(O)(c3ccc(C(F)(F)F)cc3)CC(C)N2)[nH]n1. The van der Waals surface area contributed by atoms with Crippen molar-refractivity contribution in [2.24, 2.45) is 0 Å². The fourth-order valence-electron chi connectivity index (χ4n) is 3.41. The number of aromatic amines is 1. The molecule has 130 valence electrons. The summed E-state index contributed by atoms with van der Waals surface area (Å²) in [6.45, 7) is 3.82. The highest BCUT2D eigenvalue weighted by atomic mass is 19.4. The minimum atomic E-state index is -4.38. The topological polar surface area (TPSA) is 60.9 Å². The zero-order chi connectivity index (χ0) is 17.5. The molecule has 7 heteroatoms. The predicted molar refractivity (Wildman–Crippen MR) is 83.2 cm³/mol. The molecule has 3 unspecified atom stereocenters. The second kappa shape index (κ2) is 5.89. The van der Waals surface area contributed by atoms with Gasteiger partial charge in [-0.05, 0) is 44.0 Å². The number of benzene rings is 1. The van der Waals surface area contributed by atoms with Crippen molar-refractivity contribution in [2.45, 2.75) is 50.6 Å². The largest absolute Gasteiger partial charge is 0.416 e. The number of hydrogen-bond acceptors (Lipinski definition) is 3. The molecule has 0 radical (unpaired) electrons. The first-order valence-electron chi connectivity index (χ1n) is 7.85. The van der Waals surface area contributed by atoms with Gasteiger partial charge in [-0.25, -0.2) is 0 Å². The van der Waals surface area contributed by atoms with E-state index in [9.17, 15) is 18.3 Å². The molecule has 0 spiro atoms. The maximum atomic E-state index is 12.7. The van der Waals surface area contributed by atoms with E-state index in [1.807, 2.05) is 19.9 Å². The average Bonchev–Trinajstić information content (AvgIpc) is 2.92. The number of H-pyrrole nitrogens is 1. The molecule has 4 nitrogen and oxygen atoms in total. The van der Waals surface area contributed by atoms with Crippen molar-refractivity contribution in [1.82, 2.24) is 15.5 Å². The summed E-state index contributed by atoms with van der Waals surface area (Å²) in [5, 5.41) is 21.5. The maximum Gasteiger partial charge on any atom is 0.416 e.